The second kappa shape index (κ2) is 10.4. The van der Waals surface area contributed by atoms with Crippen molar-refractivity contribution in [2.45, 2.75) is 49.5 Å². The number of hydrogen-bond donors (Lipinski definition) is 4. The lowest BCUT2D eigenvalue weighted by molar-refractivity contribution is -0.185. The molecule has 1 aliphatic rings. The zero-order valence-electron chi connectivity index (χ0n) is 19.1. The molecule has 1 aliphatic heterocycles. The van der Waals surface area contributed by atoms with Crippen LogP contribution in [0.2, 0.25) is 0 Å². The van der Waals surface area contributed by atoms with E-state index in [1.807, 2.05) is 0 Å². The minimum Gasteiger partial charge on any atom is -0.508 e. The standard InChI is InChI=1S/C24H24ClF3N2O6/c1-13-16(8-4-9-18(13)31)21(33)29-20-17(25)12-30(23(20,36)22(34)35)19(32)10-3-6-14-5-2-7-15(11-14)24(26,27)28/h2,4-5,7-9,11,17,20,31,36H,3,6,10,12H2,1H3,(H,29,33)(H,34,35)/t17?,20?,23-/m1/s1. The number of hydrogen-bond acceptors (Lipinski definition) is 5. The summed E-state index contributed by atoms with van der Waals surface area (Å²) in [6.07, 6.45) is -4.60. The van der Waals surface area contributed by atoms with Crippen LogP contribution in [0.4, 0.5) is 13.2 Å². The zero-order chi connectivity index (χ0) is 26.8. The first-order valence-corrected chi connectivity index (χ1v) is 11.4. The third-order valence-electron chi connectivity index (χ3n) is 6.13. The molecule has 2 amide bonds. The molecule has 2 aromatic carbocycles. The van der Waals surface area contributed by atoms with E-state index in [0.717, 1.165) is 12.1 Å². The minimum atomic E-state index is -4.51. The van der Waals surface area contributed by atoms with Crippen LogP contribution < -0.4 is 5.32 Å². The van der Waals surface area contributed by atoms with Crippen molar-refractivity contribution in [2.24, 2.45) is 0 Å². The van der Waals surface area contributed by atoms with E-state index >= 15 is 0 Å². The average Bonchev–Trinajstić information content (AvgIpc) is 3.06. The number of carbonyl (C=O) groups is 3. The Morgan fingerprint density at radius 2 is 1.86 bits per heavy atom. The Kier molecular flexibility index (Phi) is 7.85. The number of amides is 2. The third kappa shape index (κ3) is 5.41. The van der Waals surface area contributed by atoms with Crippen LogP contribution in [0, 0.1) is 6.92 Å². The van der Waals surface area contributed by atoms with Crippen LogP contribution in [0.1, 0.15) is 39.9 Å². The quantitative estimate of drug-likeness (QED) is 0.409. The molecule has 2 unspecified atom stereocenters. The molecule has 3 rings (SSSR count). The Balaban J connectivity index is 1.72. The summed E-state index contributed by atoms with van der Waals surface area (Å²) in [4.78, 5) is 38.3. The number of aromatic hydroxyl groups is 1. The minimum absolute atomic E-state index is 0.0254. The van der Waals surface area contributed by atoms with Crippen LogP contribution in [0.25, 0.3) is 0 Å². The smallest absolute Gasteiger partial charge is 0.416 e. The first kappa shape index (κ1) is 27.3. The first-order chi connectivity index (χ1) is 16.8. The van der Waals surface area contributed by atoms with Crippen molar-refractivity contribution in [2.75, 3.05) is 6.54 Å². The Hall–Kier alpha value is -3.31. The van der Waals surface area contributed by atoms with Gasteiger partial charge >= 0.3 is 12.1 Å². The van der Waals surface area contributed by atoms with E-state index in [1.165, 1.54) is 37.3 Å². The number of carboxylic acid groups (broad SMARTS) is 1. The van der Waals surface area contributed by atoms with E-state index in [0.29, 0.717) is 10.5 Å². The fraction of sp³-hybridized carbons (Fsp3) is 0.375. The normalized spacial score (nSPS) is 21.9. The van der Waals surface area contributed by atoms with Crippen LogP contribution in [-0.2, 0) is 22.2 Å². The number of benzene rings is 2. The van der Waals surface area contributed by atoms with E-state index in [9.17, 15) is 42.9 Å². The number of aliphatic hydroxyl groups is 1. The van der Waals surface area contributed by atoms with E-state index < -0.39 is 53.2 Å². The molecule has 1 heterocycles. The van der Waals surface area contributed by atoms with Crippen molar-refractivity contribution in [1.29, 1.82) is 0 Å². The van der Waals surface area contributed by atoms with Gasteiger partial charge in [-0.2, -0.15) is 13.2 Å². The summed E-state index contributed by atoms with van der Waals surface area (Å²) in [5.74, 6) is -3.57. The predicted octanol–water partition coefficient (Wildman–Crippen LogP) is 3.06. The lowest BCUT2D eigenvalue weighted by atomic mass is 10.0. The highest BCUT2D eigenvalue weighted by Gasteiger charge is 2.60. The van der Waals surface area contributed by atoms with Gasteiger partial charge < -0.3 is 25.5 Å². The molecule has 8 nitrogen and oxygen atoms in total. The highest BCUT2D eigenvalue weighted by molar-refractivity contribution is 6.22. The maximum atomic E-state index is 12.9. The van der Waals surface area contributed by atoms with Crippen molar-refractivity contribution >= 4 is 29.4 Å². The van der Waals surface area contributed by atoms with Crippen LogP contribution in [-0.4, -0.2) is 61.7 Å². The molecule has 0 aromatic heterocycles. The van der Waals surface area contributed by atoms with Crippen molar-refractivity contribution < 1.29 is 42.9 Å². The number of nitrogens with one attached hydrogen (secondary N) is 1. The Morgan fingerprint density at radius 1 is 1.19 bits per heavy atom. The summed E-state index contributed by atoms with van der Waals surface area (Å²) in [6, 6.07) is 7.21. The van der Waals surface area contributed by atoms with Crippen LogP contribution in [0.3, 0.4) is 0 Å². The van der Waals surface area contributed by atoms with Gasteiger partial charge in [0.2, 0.25) is 5.91 Å². The molecule has 0 radical (unpaired) electrons. The van der Waals surface area contributed by atoms with Crippen molar-refractivity contribution in [3.8, 4) is 5.75 Å². The Labute approximate surface area is 209 Å². The number of carbonyl (C=O) groups excluding carboxylic acids is 2. The third-order valence-corrected chi connectivity index (χ3v) is 6.52. The summed E-state index contributed by atoms with van der Waals surface area (Å²) in [7, 11) is 0. The van der Waals surface area contributed by atoms with Crippen LogP contribution >= 0.6 is 11.6 Å². The molecular formula is C24H24ClF3N2O6. The summed E-state index contributed by atoms with van der Waals surface area (Å²) in [6.45, 7) is 1.08. The molecule has 1 saturated heterocycles. The van der Waals surface area contributed by atoms with E-state index in [-0.39, 0.29) is 36.1 Å². The topological polar surface area (TPSA) is 127 Å². The molecule has 0 spiro atoms. The number of phenols is 1. The zero-order valence-corrected chi connectivity index (χ0v) is 19.8. The second-order valence-electron chi connectivity index (χ2n) is 8.50. The summed E-state index contributed by atoms with van der Waals surface area (Å²) >= 11 is 6.25. The van der Waals surface area contributed by atoms with Gasteiger partial charge in [0.15, 0.2) is 0 Å². The van der Waals surface area contributed by atoms with Crippen molar-refractivity contribution in [3.63, 3.8) is 0 Å². The molecule has 0 saturated carbocycles. The molecule has 0 aliphatic carbocycles. The van der Waals surface area contributed by atoms with Gasteiger partial charge in [0.1, 0.15) is 11.8 Å². The number of alkyl halides is 4. The lowest BCUT2D eigenvalue weighted by Crippen LogP contribution is -2.63. The van der Waals surface area contributed by atoms with Crippen LogP contribution in [0.15, 0.2) is 42.5 Å². The number of phenolic OH excluding ortho intramolecular Hbond substituents is 1. The van der Waals surface area contributed by atoms with Gasteiger partial charge in [-0.15, -0.1) is 11.6 Å². The summed E-state index contributed by atoms with van der Waals surface area (Å²) in [5.41, 5.74) is -3.09. The number of aliphatic carboxylic acids is 1. The Bertz CT molecular complexity index is 1170. The maximum absolute atomic E-state index is 12.9. The number of halogens is 4. The number of carboxylic acids is 1. The molecule has 12 heteroatoms. The van der Waals surface area contributed by atoms with Gasteiger partial charge in [-0.25, -0.2) is 4.79 Å². The van der Waals surface area contributed by atoms with E-state index in [4.69, 9.17) is 11.6 Å². The number of likely N-dealkylation sites (tertiary alicyclic amines) is 1. The molecule has 36 heavy (non-hydrogen) atoms. The average molecular weight is 529 g/mol. The summed E-state index contributed by atoms with van der Waals surface area (Å²) in [5, 5.41) is 31.8. The van der Waals surface area contributed by atoms with E-state index in [2.05, 4.69) is 5.32 Å². The first-order valence-electron chi connectivity index (χ1n) is 10.9. The highest BCUT2D eigenvalue weighted by Crippen LogP contribution is 2.33. The van der Waals surface area contributed by atoms with Crippen molar-refractivity contribution in [3.05, 3.63) is 64.7 Å². The second-order valence-corrected chi connectivity index (χ2v) is 9.06. The maximum Gasteiger partial charge on any atom is 0.416 e. The van der Waals surface area contributed by atoms with Gasteiger partial charge in [-0.05, 0) is 43.5 Å². The lowest BCUT2D eigenvalue weighted by Gasteiger charge is -2.34. The van der Waals surface area contributed by atoms with Crippen LogP contribution in [0.5, 0.6) is 5.75 Å². The Morgan fingerprint density at radius 3 is 2.50 bits per heavy atom. The van der Waals surface area contributed by atoms with Gasteiger partial charge in [0.25, 0.3) is 11.6 Å². The molecule has 2 aromatic rings. The fourth-order valence-electron chi connectivity index (χ4n) is 4.14. The largest absolute Gasteiger partial charge is 0.508 e. The van der Waals surface area contributed by atoms with Gasteiger partial charge in [0.05, 0.1) is 10.9 Å². The fourth-order valence-corrected chi connectivity index (χ4v) is 4.52. The number of nitrogens with zero attached hydrogens (tertiary/aromatic N) is 1. The van der Waals surface area contributed by atoms with Gasteiger partial charge in [-0.1, -0.05) is 24.3 Å². The molecule has 4 N–H and O–H groups in total. The summed E-state index contributed by atoms with van der Waals surface area (Å²) < 4.78 is 38.7. The monoisotopic (exact) mass is 528 g/mol. The molecule has 3 atom stereocenters. The van der Waals surface area contributed by atoms with Gasteiger partial charge in [-0.3, -0.25) is 9.59 Å². The van der Waals surface area contributed by atoms with Crippen molar-refractivity contribution in [1.82, 2.24) is 10.2 Å². The predicted molar refractivity (Wildman–Crippen MR) is 122 cm³/mol. The SMILES string of the molecule is Cc1c(O)cccc1C(=O)NC1C(Cl)CN(C(=O)CCCc2cccc(C(F)(F)F)c2)[C@]1(O)C(=O)O. The molecular weight excluding hydrogens is 505 g/mol. The van der Waals surface area contributed by atoms with Gasteiger partial charge in [0, 0.05) is 24.1 Å². The number of aryl methyl sites for hydroxylation is 1. The highest BCUT2D eigenvalue weighted by atomic mass is 35.5. The van der Waals surface area contributed by atoms with E-state index in [1.54, 1.807) is 0 Å². The molecule has 194 valence electrons. The molecule has 1 fully saturated rings. The number of rotatable bonds is 7. The molecule has 0 bridgehead atoms.